The van der Waals surface area contributed by atoms with E-state index >= 15 is 0 Å². The van der Waals surface area contributed by atoms with Crippen molar-refractivity contribution in [2.45, 2.75) is 309 Å². The molecule has 0 heterocycles. The second-order valence-corrected chi connectivity index (χ2v) is 21.6. The molecule has 0 amide bonds. The first-order chi connectivity index (χ1) is 33.6. The van der Waals surface area contributed by atoms with Gasteiger partial charge in [0, 0.05) is 12.8 Å². The summed E-state index contributed by atoms with van der Waals surface area (Å²) in [7, 11) is 5.93. The number of unbranched alkanes of at least 4 members (excludes halogenated alkanes) is 39. The van der Waals surface area contributed by atoms with Crippen LogP contribution in [-0.2, 0) is 33.3 Å². The van der Waals surface area contributed by atoms with Crippen LogP contribution in [0.15, 0.2) is 12.2 Å². The van der Waals surface area contributed by atoms with Crippen molar-refractivity contribution in [2.75, 3.05) is 47.5 Å². The Hall–Kier alpha value is -1.97. The van der Waals surface area contributed by atoms with Crippen molar-refractivity contribution in [1.29, 1.82) is 0 Å². The number of nitrogens with zero attached hydrogens (tertiary/aromatic N) is 1. The summed E-state index contributed by atoms with van der Waals surface area (Å²) in [6.45, 7) is 4.78. The van der Waals surface area contributed by atoms with E-state index in [2.05, 4.69) is 26.0 Å². The molecule has 2 unspecified atom stereocenters. The maximum Gasteiger partial charge on any atom is 0.306 e. The fourth-order valence-corrected chi connectivity index (χ4v) is 8.89. The predicted octanol–water partition coefficient (Wildman–Crippen LogP) is 16.0. The molecule has 408 valence electrons. The second-order valence-electron chi connectivity index (χ2n) is 21.6. The zero-order chi connectivity index (χ0) is 50.6. The molecule has 0 saturated heterocycles. The van der Waals surface area contributed by atoms with Gasteiger partial charge in [-0.1, -0.05) is 257 Å². The van der Waals surface area contributed by atoms with Gasteiger partial charge < -0.3 is 33.3 Å². The van der Waals surface area contributed by atoms with Gasteiger partial charge in [-0.15, -0.1) is 0 Å². The minimum absolute atomic E-state index is 0.150. The summed E-state index contributed by atoms with van der Waals surface area (Å²) in [4.78, 5) is 37.2. The summed E-state index contributed by atoms with van der Waals surface area (Å²) in [5.74, 6) is -2.27. The van der Waals surface area contributed by atoms with Crippen LogP contribution >= 0.6 is 0 Å². The number of aliphatic carboxylic acids is 1. The van der Waals surface area contributed by atoms with Gasteiger partial charge in [-0.05, 0) is 38.5 Å². The zero-order valence-corrected chi connectivity index (χ0v) is 46.5. The minimum Gasteiger partial charge on any atom is -0.545 e. The van der Waals surface area contributed by atoms with Gasteiger partial charge >= 0.3 is 11.9 Å². The Morgan fingerprint density at radius 1 is 0.420 bits per heavy atom. The summed E-state index contributed by atoms with van der Waals surface area (Å²) < 4.78 is 22.7. The van der Waals surface area contributed by atoms with Crippen LogP contribution < -0.4 is 5.11 Å². The Morgan fingerprint density at radius 3 is 1.07 bits per heavy atom. The first-order valence-corrected chi connectivity index (χ1v) is 29.8. The molecule has 69 heavy (non-hydrogen) atoms. The van der Waals surface area contributed by atoms with E-state index in [9.17, 15) is 19.5 Å². The molecule has 9 nitrogen and oxygen atoms in total. The topological polar surface area (TPSA) is 111 Å². The largest absolute Gasteiger partial charge is 0.545 e. The van der Waals surface area contributed by atoms with Crippen molar-refractivity contribution < 1.29 is 42.9 Å². The average molecular weight is 979 g/mol. The summed E-state index contributed by atoms with van der Waals surface area (Å²) in [6.07, 6.45) is 57.1. The molecule has 0 fully saturated rings. The lowest BCUT2D eigenvalue weighted by molar-refractivity contribution is -0.870. The lowest BCUT2D eigenvalue weighted by Crippen LogP contribution is -2.44. The SMILES string of the molecule is CCCCCCC/C=C\CCCCCCCC(=O)OC(COC(=O)CCCCCCCCCCCCCCCCCCCCCCCCCCCCCCCC)COC(OCC[N+](C)(C)C)C(=O)[O-]. The molecule has 0 aliphatic rings. The molecule has 0 radical (unpaired) electrons. The quantitative estimate of drug-likeness (QED) is 0.0195. The number of carboxylic acids is 1. The van der Waals surface area contributed by atoms with Crippen LogP contribution in [0.5, 0.6) is 0 Å². The standard InChI is InChI=1S/C60H115NO8/c1-6-8-10-12-14-16-18-20-22-23-24-25-26-27-28-29-30-31-32-33-34-35-36-37-39-40-42-44-46-48-50-57(62)67-54-56(55-68-60(59(64)65)66-53-52-61(3,4)5)69-58(63)51-49-47-45-43-41-38-21-19-17-15-13-11-9-7-2/h19,21,56,60H,6-18,20,22-55H2,1-5H3/b21-19-. The number of carbonyl (C=O) groups is 3. The van der Waals surface area contributed by atoms with E-state index < -0.39 is 24.3 Å². The number of likely N-dealkylation sites (N-methyl/N-ethyl adjacent to an activating group) is 1. The molecule has 0 saturated carbocycles. The van der Waals surface area contributed by atoms with Crippen LogP contribution in [0.1, 0.15) is 296 Å². The first-order valence-electron chi connectivity index (χ1n) is 29.8. The molecule has 0 aromatic rings. The molecule has 0 aromatic carbocycles. The van der Waals surface area contributed by atoms with Crippen molar-refractivity contribution in [3.8, 4) is 0 Å². The number of hydrogen-bond acceptors (Lipinski definition) is 8. The molecular weight excluding hydrogens is 863 g/mol. The van der Waals surface area contributed by atoms with Gasteiger partial charge in [-0.25, -0.2) is 0 Å². The summed E-state index contributed by atoms with van der Waals surface area (Å²) in [5, 5.41) is 11.7. The van der Waals surface area contributed by atoms with E-state index in [1.54, 1.807) is 0 Å². The average Bonchev–Trinajstić information content (AvgIpc) is 3.31. The normalized spacial score (nSPS) is 12.8. The van der Waals surface area contributed by atoms with Gasteiger partial charge in [0.15, 0.2) is 12.4 Å². The highest BCUT2D eigenvalue weighted by Gasteiger charge is 2.22. The fraction of sp³-hybridized carbons (Fsp3) is 0.917. The monoisotopic (exact) mass is 978 g/mol. The highest BCUT2D eigenvalue weighted by molar-refractivity contribution is 5.70. The fourth-order valence-electron chi connectivity index (χ4n) is 8.89. The third-order valence-electron chi connectivity index (χ3n) is 13.5. The number of carbonyl (C=O) groups excluding carboxylic acids is 3. The maximum atomic E-state index is 12.8. The third-order valence-corrected chi connectivity index (χ3v) is 13.5. The summed E-state index contributed by atoms with van der Waals surface area (Å²) in [5.41, 5.74) is 0. The number of allylic oxidation sites excluding steroid dienone is 2. The van der Waals surface area contributed by atoms with Crippen LogP contribution in [-0.4, -0.2) is 82.3 Å². The first kappa shape index (κ1) is 67.0. The number of esters is 2. The van der Waals surface area contributed by atoms with Gasteiger partial charge in [-0.3, -0.25) is 9.59 Å². The minimum atomic E-state index is -1.62. The van der Waals surface area contributed by atoms with E-state index in [0.717, 1.165) is 51.4 Å². The van der Waals surface area contributed by atoms with Crippen LogP contribution in [0.4, 0.5) is 0 Å². The molecule has 0 aliphatic carbocycles. The second kappa shape index (κ2) is 52.4. The van der Waals surface area contributed by atoms with Crippen molar-refractivity contribution >= 4 is 17.9 Å². The van der Waals surface area contributed by atoms with Crippen LogP contribution in [0.3, 0.4) is 0 Å². The molecule has 0 N–H and O–H groups in total. The molecule has 0 spiro atoms. The van der Waals surface area contributed by atoms with E-state index in [1.165, 1.54) is 212 Å². The van der Waals surface area contributed by atoms with Gasteiger partial charge in [0.05, 0.1) is 40.3 Å². The van der Waals surface area contributed by atoms with E-state index in [0.29, 0.717) is 23.9 Å². The van der Waals surface area contributed by atoms with Gasteiger partial charge in [0.2, 0.25) is 0 Å². The van der Waals surface area contributed by atoms with E-state index in [4.69, 9.17) is 18.9 Å². The van der Waals surface area contributed by atoms with Crippen molar-refractivity contribution in [3.05, 3.63) is 12.2 Å². The number of rotatable bonds is 56. The van der Waals surface area contributed by atoms with Crippen molar-refractivity contribution in [1.82, 2.24) is 0 Å². The number of carboxylic acid groups (broad SMARTS) is 1. The Kier molecular flexibility index (Phi) is 50.9. The van der Waals surface area contributed by atoms with Crippen molar-refractivity contribution in [2.24, 2.45) is 0 Å². The zero-order valence-electron chi connectivity index (χ0n) is 46.5. The summed E-state index contributed by atoms with van der Waals surface area (Å²) >= 11 is 0. The molecule has 0 aromatic heterocycles. The van der Waals surface area contributed by atoms with E-state index in [-0.39, 0.29) is 32.2 Å². The molecule has 2 atom stereocenters. The Bertz CT molecular complexity index is 1140. The molecule has 0 bridgehead atoms. The van der Waals surface area contributed by atoms with Gasteiger partial charge in [0.1, 0.15) is 13.2 Å². The van der Waals surface area contributed by atoms with Crippen LogP contribution in [0.2, 0.25) is 0 Å². The van der Waals surface area contributed by atoms with Crippen LogP contribution in [0.25, 0.3) is 0 Å². The Morgan fingerprint density at radius 2 is 0.739 bits per heavy atom. The molecular formula is C60H115NO8. The number of hydrogen-bond donors (Lipinski definition) is 0. The smallest absolute Gasteiger partial charge is 0.306 e. The van der Waals surface area contributed by atoms with Gasteiger partial charge in [-0.2, -0.15) is 0 Å². The summed E-state index contributed by atoms with van der Waals surface area (Å²) in [6, 6.07) is 0. The predicted molar refractivity (Wildman–Crippen MR) is 288 cm³/mol. The Balaban J connectivity index is 4.05. The lowest BCUT2D eigenvalue weighted by atomic mass is 10.0. The highest BCUT2D eigenvalue weighted by Crippen LogP contribution is 2.18. The number of quaternary nitrogens is 1. The van der Waals surface area contributed by atoms with Gasteiger partial charge in [0.25, 0.3) is 0 Å². The maximum absolute atomic E-state index is 12.8. The molecule has 0 rings (SSSR count). The lowest BCUT2D eigenvalue weighted by Gasteiger charge is -2.26. The number of ether oxygens (including phenoxy) is 4. The van der Waals surface area contributed by atoms with Crippen molar-refractivity contribution in [3.63, 3.8) is 0 Å². The highest BCUT2D eigenvalue weighted by atomic mass is 16.7. The Labute approximate surface area is 427 Å². The molecule has 9 heteroatoms. The van der Waals surface area contributed by atoms with Crippen LogP contribution in [0, 0.1) is 0 Å². The third kappa shape index (κ3) is 53.7. The molecule has 0 aliphatic heterocycles. The van der Waals surface area contributed by atoms with E-state index in [1.807, 2.05) is 21.1 Å².